The maximum atomic E-state index is 6.40. The second-order valence-electron chi connectivity index (χ2n) is 7.19. The Balaban J connectivity index is 1.36. The van der Waals surface area contributed by atoms with Gasteiger partial charge in [-0.15, -0.1) is 0 Å². The molecule has 2 heterocycles. The lowest BCUT2D eigenvalue weighted by Crippen LogP contribution is -2.34. The lowest BCUT2D eigenvalue weighted by atomic mass is 10.1. The molecule has 2 atom stereocenters. The van der Waals surface area contributed by atoms with Crippen molar-refractivity contribution in [3.63, 3.8) is 0 Å². The van der Waals surface area contributed by atoms with E-state index in [2.05, 4.69) is 28.3 Å². The fourth-order valence-corrected chi connectivity index (χ4v) is 3.83. The van der Waals surface area contributed by atoms with Gasteiger partial charge in [-0.3, -0.25) is 0 Å². The summed E-state index contributed by atoms with van der Waals surface area (Å²) < 4.78 is 20.4. The minimum atomic E-state index is -0.981. The first-order chi connectivity index (χ1) is 14.7. The molecule has 0 aliphatic carbocycles. The predicted octanol–water partition coefficient (Wildman–Crippen LogP) is 4.43. The Morgan fingerprint density at radius 2 is 1.90 bits per heavy atom. The van der Waals surface area contributed by atoms with Gasteiger partial charge in [0.1, 0.15) is 37.7 Å². The van der Waals surface area contributed by atoms with Crippen LogP contribution in [0.2, 0.25) is 5.02 Å². The van der Waals surface area contributed by atoms with Crippen LogP contribution in [-0.4, -0.2) is 34.1 Å². The van der Waals surface area contributed by atoms with Gasteiger partial charge in [0.15, 0.2) is 0 Å². The van der Waals surface area contributed by atoms with E-state index in [-0.39, 0.29) is 6.10 Å². The molecule has 30 heavy (non-hydrogen) atoms. The zero-order chi connectivity index (χ0) is 20.4. The monoisotopic (exact) mass is 421 g/mol. The van der Waals surface area contributed by atoms with E-state index >= 15 is 0 Å². The normalized spacial score (nSPS) is 21.2. The van der Waals surface area contributed by atoms with Crippen LogP contribution in [0.1, 0.15) is 5.56 Å². The molecule has 1 fully saturated rings. The summed E-state index contributed by atoms with van der Waals surface area (Å²) in [7, 11) is 0. The van der Waals surface area contributed by atoms with Crippen LogP contribution in [0, 0.1) is 0 Å². The topological polar surface area (TPSA) is 58.4 Å². The van der Waals surface area contributed by atoms with Gasteiger partial charge in [0.2, 0.25) is 5.79 Å². The van der Waals surface area contributed by atoms with Gasteiger partial charge in [-0.25, -0.2) is 9.67 Å². The average Bonchev–Trinajstić information content (AvgIpc) is 3.43. The van der Waals surface area contributed by atoms with Crippen LogP contribution in [0.4, 0.5) is 0 Å². The summed E-state index contributed by atoms with van der Waals surface area (Å²) in [6, 6.07) is 21.7. The molecule has 1 aliphatic rings. The maximum absolute atomic E-state index is 6.40. The van der Waals surface area contributed by atoms with E-state index in [9.17, 15) is 0 Å². The molecule has 152 valence electrons. The number of ether oxygens (including phenoxy) is 3. The third-order valence-electron chi connectivity index (χ3n) is 5.15. The van der Waals surface area contributed by atoms with Crippen molar-refractivity contribution < 1.29 is 14.2 Å². The van der Waals surface area contributed by atoms with Gasteiger partial charge in [-0.1, -0.05) is 60.1 Å². The molecule has 0 N–H and O–H groups in total. The molecule has 3 aromatic carbocycles. The Kier molecular flexibility index (Phi) is 5.12. The molecule has 6 nitrogen and oxygen atoms in total. The van der Waals surface area contributed by atoms with Crippen molar-refractivity contribution in [2.45, 2.75) is 18.4 Å². The minimum Gasteiger partial charge on any atom is -0.490 e. The lowest BCUT2D eigenvalue weighted by molar-refractivity contribution is -0.190. The molecule has 0 saturated carbocycles. The summed E-state index contributed by atoms with van der Waals surface area (Å²) in [6.45, 7) is 1.15. The molecular weight excluding hydrogens is 402 g/mol. The SMILES string of the molecule is Clc1ccc(C2(Cn3cncn3)OCC(COc3cccc4ccccc34)O2)cc1. The molecule has 4 aromatic rings. The Hall–Kier alpha value is -2.93. The number of benzene rings is 3. The first kappa shape index (κ1) is 19.1. The summed E-state index contributed by atoms with van der Waals surface area (Å²) in [4.78, 5) is 4.02. The molecule has 1 aromatic heterocycles. The van der Waals surface area contributed by atoms with E-state index in [1.54, 1.807) is 11.0 Å². The van der Waals surface area contributed by atoms with Crippen LogP contribution in [0.5, 0.6) is 5.75 Å². The summed E-state index contributed by atoms with van der Waals surface area (Å²) in [5.74, 6) is -0.151. The van der Waals surface area contributed by atoms with Gasteiger partial charge < -0.3 is 14.2 Å². The van der Waals surface area contributed by atoms with Crippen molar-refractivity contribution in [1.82, 2.24) is 14.8 Å². The molecule has 1 saturated heterocycles. The molecule has 5 rings (SSSR count). The van der Waals surface area contributed by atoms with Crippen LogP contribution < -0.4 is 4.74 Å². The summed E-state index contributed by atoms with van der Waals surface area (Å²) in [5, 5.41) is 7.08. The number of rotatable bonds is 6. The van der Waals surface area contributed by atoms with Crippen molar-refractivity contribution in [2.24, 2.45) is 0 Å². The van der Waals surface area contributed by atoms with E-state index in [1.165, 1.54) is 6.33 Å². The molecule has 0 amide bonds. The van der Waals surface area contributed by atoms with Crippen molar-refractivity contribution in [2.75, 3.05) is 13.2 Å². The van der Waals surface area contributed by atoms with Crippen molar-refractivity contribution in [3.05, 3.63) is 90.0 Å². The summed E-state index contributed by atoms with van der Waals surface area (Å²) in [5.41, 5.74) is 0.870. The molecule has 0 radical (unpaired) electrons. The van der Waals surface area contributed by atoms with Crippen molar-refractivity contribution in [3.8, 4) is 5.75 Å². The zero-order valence-electron chi connectivity index (χ0n) is 16.1. The fourth-order valence-electron chi connectivity index (χ4n) is 3.71. The van der Waals surface area contributed by atoms with Gasteiger partial charge in [-0.2, -0.15) is 5.10 Å². The van der Waals surface area contributed by atoms with E-state index in [0.717, 1.165) is 22.1 Å². The Morgan fingerprint density at radius 1 is 1.07 bits per heavy atom. The Morgan fingerprint density at radius 3 is 2.73 bits per heavy atom. The highest BCUT2D eigenvalue weighted by Crippen LogP contribution is 2.37. The maximum Gasteiger partial charge on any atom is 0.215 e. The fraction of sp³-hybridized carbons (Fsp3) is 0.217. The van der Waals surface area contributed by atoms with Crippen LogP contribution in [0.3, 0.4) is 0 Å². The summed E-state index contributed by atoms with van der Waals surface area (Å²) >= 11 is 6.07. The third-order valence-corrected chi connectivity index (χ3v) is 5.41. The molecule has 0 bridgehead atoms. The van der Waals surface area contributed by atoms with Crippen LogP contribution in [0.15, 0.2) is 79.4 Å². The standard InChI is InChI=1S/C23H20ClN3O3/c24-19-10-8-18(9-11-19)23(14-27-16-25-15-26-27)29-13-20(30-23)12-28-22-7-3-5-17-4-1-2-6-21(17)22/h1-11,15-16,20H,12-14H2. The predicted molar refractivity (Wildman–Crippen MR) is 113 cm³/mol. The van der Waals surface area contributed by atoms with Gasteiger partial charge in [0, 0.05) is 16.0 Å². The number of aromatic nitrogens is 3. The molecule has 2 unspecified atom stereocenters. The van der Waals surface area contributed by atoms with E-state index < -0.39 is 5.79 Å². The van der Waals surface area contributed by atoms with Crippen LogP contribution in [-0.2, 0) is 21.8 Å². The highest BCUT2D eigenvalue weighted by atomic mass is 35.5. The second-order valence-corrected chi connectivity index (χ2v) is 7.63. The number of hydrogen-bond donors (Lipinski definition) is 0. The average molecular weight is 422 g/mol. The number of nitrogens with zero attached hydrogens (tertiary/aromatic N) is 3. The first-order valence-electron chi connectivity index (χ1n) is 9.73. The minimum absolute atomic E-state index is 0.233. The third kappa shape index (κ3) is 3.77. The van der Waals surface area contributed by atoms with Gasteiger partial charge in [-0.05, 0) is 23.6 Å². The van der Waals surface area contributed by atoms with Crippen molar-refractivity contribution in [1.29, 1.82) is 0 Å². The Labute approximate surface area is 179 Å². The van der Waals surface area contributed by atoms with Gasteiger partial charge in [0.05, 0.1) is 6.61 Å². The highest BCUT2D eigenvalue weighted by Gasteiger charge is 2.44. The molecule has 1 aliphatic heterocycles. The van der Waals surface area contributed by atoms with E-state index in [1.807, 2.05) is 48.5 Å². The zero-order valence-corrected chi connectivity index (χ0v) is 16.9. The van der Waals surface area contributed by atoms with Crippen LogP contribution in [0.25, 0.3) is 10.8 Å². The largest absolute Gasteiger partial charge is 0.490 e. The Bertz CT molecular complexity index is 1130. The van der Waals surface area contributed by atoms with E-state index in [0.29, 0.717) is 24.8 Å². The molecule has 0 spiro atoms. The van der Waals surface area contributed by atoms with E-state index in [4.69, 9.17) is 25.8 Å². The van der Waals surface area contributed by atoms with Crippen molar-refractivity contribution >= 4 is 22.4 Å². The first-order valence-corrected chi connectivity index (χ1v) is 10.1. The quantitative estimate of drug-likeness (QED) is 0.461. The number of hydrogen-bond acceptors (Lipinski definition) is 5. The number of fused-ring (bicyclic) bond motifs is 1. The van der Waals surface area contributed by atoms with Crippen LogP contribution >= 0.6 is 11.6 Å². The van der Waals surface area contributed by atoms with Gasteiger partial charge in [0.25, 0.3) is 0 Å². The lowest BCUT2D eigenvalue weighted by Gasteiger charge is -2.28. The second kappa shape index (κ2) is 8.07. The smallest absolute Gasteiger partial charge is 0.215 e. The highest BCUT2D eigenvalue weighted by molar-refractivity contribution is 6.30. The number of halogens is 1. The van der Waals surface area contributed by atoms with Gasteiger partial charge >= 0.3 is 0 Å². The summed E-state index contributed by atoms with van der Waals surface area (Å²) in [6.07, 6.45) is 2.90. The molecular formula is C23H20ClN3O3. The molecule has 7 heteroatoms.